The number of halogens is 4. The number of alkyl halides is 3. The van der Waals surface area contributed by atoms with Crippen molar-refractivity contribution in [1.82, 2.24) is 0 Å². The third kappa shape index (κ3) is 5.22. The Morgan fingerprint density at radius 1 is 1.21 bits per heavy atom. The zero-order valence-corrected chi connectivity index (χ0v) is 17.3. The van der Waals surface area contributed by atoms with Crippen LogP contribution in [0.5, 0.6) is 5.75 Å². The average Bonchev–Trinajstić information content (AvgIpc) is 2.69. The van der Waals surface area contributed by atoms with Crippen LogP contribution in [0.4, 0.5) is 24.5 Å². The van der Waals surface area contributed by atoms with Crippen LogP contribution in [0.15, 0.2) is 40.9 Å². The van der Waals surface area contributed by atoms with Crippen molar-refractivity contribution in [3.8, 4) is 5.75 Å². The molecule has 1 aliphatic rings. The molecule has 0 unspecified atom stereocenters. The predicted molar refractivity (Wildman–Crippen MR) is 108 cm³/mol. The summed E-state index contributed by atoms with van der Waals surface area (Å²) in [4.78, 5) is 14.6. The van der Waals surface area contributed by atoms with Crippen LogP contribution in [0, 0.1) is 0 Å². The van der Waals surface area contributed by atoms with E-state index in [2.05, 4.69) is 21.2 Å². The smallest absolute Gasteiger partial charge is 0.416 e. The maximum atomic E-state index is 13.2. The van der Waals surface area contributed by atoms with E-state index < -0.39 is 17.6 Å². The Labute approximate surface area is 174 Å². The van der Waals surface area contributed by atoms with Gasteiger partial charge in [0.2, 0.25) is 0 Å². The van der Waals surface area contributed by atoms with Crippen LogP contribution in [-0.2, 0) is 10.9 Å². The number of carbonyl (C=O) groups excluding carboxylic acids is 1. The Balaban J connectivity index is 1.91. The maximum Gasteiger partial charge on any atom is 0.416 e. The van der Waals surface area contributed by atoms with Crippen molar-refractivity contribution in [3.63, 3.8) is 0 Å². The number of hydrogen-bond donors (Lipinski definition) is 1. The van der Waals surface area contributed by atoms with Gasteiger partial charge in [0.05, 0.1) is 41.2 Å². The number of carbonyl (C=O) groups is 1. The van der Waals surface area contributed by atoms with Gasteiger partial charge in [0, 0.05) is 18.7 Å². The fraction of sp³-hybridized carbons (Fsp3) is 0.350. The quantitative estimate of drug-likeness (QED) is 0.668. The number of benzene rings is 2. The molecule has 2 aromatic rings. The Kier molecular flexibility index (Phi) is 6.69. The molecular formula is C20H20BrF3N2O3. The number of amides is 1. The van der Waals surface area contributed by atoms with Crippen molar-refractivity contribution in [2.75, 3.05) is 43.1 Å². The van der Waals surface area contributed by atoms with E-state index in [0.717, 1.165) is 12.1 Å². The summed E-state index contributed by atoms with van der Waals surface area (Å²) >= 11 is 3.34. The summed E-state index contributed by atoms with van der Waals surface area (Å²) in [5.41, 5.74) is 0.111. The summed E-state index contributed by atoms with van der Waals surface area (Å²) in [6, 6.07) is 8.14. The summed E-state index contributed by atoms with van der Waals surface area (Å²) < 4.78 is 50.9. The molecule has 2 aromatic carbocycles. The highest BCUT2D eigenvalue weighted by molar-refractivity contribution is 9.10. The highest BCUT2D eigenvalue weighted by Crippen LogP contribution is 2.36. The third-order valence-corrected chi connectivity index (χ3v) is 5.04. The molecule has 29 heavy (non-hydrogen) atoms. The molecule has 3 rings (SSSR count). The van der Waals surface area contributed by atoms with Crippen LogP contribution in [0.3, 0.4) is 0 Å². The van der Waals surface area contributed by atoms with Gasteiger partial charge in [-0.25, -0.2) is 0 Å². The molecule has 5 nitrogen and oxygen atoms in total. The van der Waals surface area contributed by atoms with E-state index in [1.54, 1.807) is 18.2 Å². The van der Waals surface area contributed by atoms with Gasteiger partial charge >= 0.3 is 6.18 Å². The van der Waals surface area contributed by atoms with E-state index in [1.807, 2.05) is 11.8 Å². The molecule has 0 atom stereocenters. The van der Waals surface area contributed by atoms with E-state index in [1.165, 1.54) is 6.07 Å². The number of hydrogen-bond acceptors (Lipinski definition) is 4. The molecule has 0 radical (unpaired) electrons. The number of ether oxygens (including phenoxy) is 2. The fourth-order valence-corrected chi connectivity index (χ4v) is 3.49. The minimum absolute atomic E-state index is 0.108. The summed E-state index contributed by atoms with van der Waals surface area (Å²) in [5.74, 6) is 0.0692. The zero-order chi connectivity index (χ0) is 21.0. The van der Waals surface area contributed by atoms with E-state index in [-0.39, 0.29) is 5.69 Å². The molecule has 1 amide bonds. The van der Waals surface area contributed by atoms with Gasteiger partial charge < -0.3 is 19.7 Å². The second-order valence-electron chi connectivity index (χ2n) is 6.36. The van der Waals surface area contributed by atoms with E-state index in [9.17, 15) is 18.0 Å². The minimum Gasteiger partial charge on any atom is -0.493 e. The molecule has 0 aromatic heterocycles. The van der Waals surface area contributed by atoms with Gasteiger partial charge in [-0.05, 0) is 59.3 Å². The van der Waals surface area contributed by atoms with Crippen LogP contribution >= 0.6 is 15.9 Å². The molecule has 1 aliphatic heterocycles. The lowest BCUT2D eigenvalue weighted by atomic mass is 10.1. The fourth-order valence-electron chi connectivity index (χ4n) is 3.00. The third-order valence-electron chi connectivity index (χ3n) is 4.42. The number of nitrogens with zero attached hydrogens (tertiary/aromatic N) is 1. The van der Waals surface area contributed by atoms with Gasteiger partial charge in [-0.3, -0.25) is 4.79 Å². The van der Waals surface area contributed by atoms with Crippen LogP contribution in [0.25, 0.3) is 0 Å². The van der Waals surface area contributed by atoms with E-state index in [4.69, 9.17) is 9.47 Å². The Hall–Kier alpha value is -2.26. The molecule has 1 N–H and O–H groups in total. The Morgan fingerprint density at radius 3 is 2.55 bits per heavy atom. The van der Waals surface area contributed by atoms with Crippen molar-refractivity contribution in [2.24, 2.45) is 0 Å². The SMILES string of the molecule is CCOc1ccc(C(=O)Nc2cc(C(F)(F)F)ccc2N2CCOCC2)cc1Br. The molecule has 0 spiro atoms. The normalized spacial score (nSPS) is 14.6. The number of morpholine rings is 1. The second kappa shape index (κ2) is 9.04. The molecular weight excluding hydrogens is 453 g/mol. The standard InChI is InChI=1S/C20H20BrF3N2O3/c1-2-29-18-6-3-13(11-15(18)21)19(27)25-16-12-14(20(22,23)24)4-5-17(16)26-7-9-28-10-8-26/h3-6,11-12H,2,7-10H2,1H3,(H,25,27). The second-order valence-corrected chi connectivity index (χ2v) is 7.22. The molecule has 0 bridgehead atoms. The summed E-state index contributed by atoms with van der Waals surface area (Å²) in [7, 11) is 0. The highest BCUT2D eigenvalue weighted by atomic mass is 79.9. The summed E-state index contributed by atoms with van der Waals surface area (Å²) in [5, 5.41) is 2.63. The number of anilines is 2. The molecule has 1 saturated heterocycles. The van der Waals surface area contributed by atoms with Crippen molar-refractivity contribution in [3.05, 3.63) is 52.0 Å². The van der Waals surface area contributed by atoms with Crippen LogP contribution in [0.1, 0.15) is 22.8 Å². The van der Waals surface area contributed by atoms with Gasteiger partial charge in [-0.15, -0.1) is 0 Å². The van der Waals surface area contributed by atoms with Gasteiger partial charge in [-0.1, -0.05) is 0 Å². The van der Waals surface area contributed by atoms with Crippen LogP contribution < -0.4 is 15.0 Å². The lowest BCUT2D eigenvalue weighted by molar-refractivity contribution is -0.137. The van der Waals surface area contributed by atoms with E-state index >= 15 is 0 Å². The maximum absolute atomic E-state index is 13.2. The number of rotatable bonds is 5. The average molecular weight is 473 g/mol. The molecule has 1 heterocycles. The van der Waals surface area contributed by atoms with Crippen LogP contribution in [-0.4, -0.2) is 38.8 Å². The summed E-state index contributed by atoms with van der Waals surface area (Å²) in [6.07, 6.45) is -4.51. The first-order chi connectivity index (χ1) is 13.8. The Morgan fingerprint density at radius 2 is 1.93 bits per heavy atom. The zero-order valence-electron chi connectivity index (χ0n) is 15.7. The lowest BCUT2D eigenvalue weighted by Crippen LogP contribution is -2.36. The monoisotopic (exact) mass is 472 g/mol. The van der Waals surface area contributed by atoms with Crippen molar-refractivity contribution < 1.29 is 27.4 Å². The molecule has 0 saturated carbocycles. The van der Waals surface area contributed by atoms with Gasteiger partial charge in [0.15, 0.2) is 0 Å². The largest absolute Gasteiger partial charge is 0.493 e. The van der Waals surface area contributed by atoms with Crippen molar-refractivity contribution >= 4 is 33.2 Å². The Bertz CT molecular complexity index is 884. The van der Waals surface area contributed by atoms with Gasteiger partial charge in [0.1, 0.15) is 5.75 Å². The molecule has 1 fully saturated rings. The van der Waals surface area contributed by atoms with Gasteiger partial charge in [0.25, 0.3) is 5.91 Å². The summed E-state index contributed by atoms with van der Waals surface area (Å²) in [6.45, 7) is 4.32. The topological polar surface area (TPSA) is 50.8 Å². The first kappa shape index (κ1) is 21.4. The lowest BCUT2D eigenvalue weighted by Gasteiger charge is -2.31. The highest BCUT2D eigenvalue weighted by Gasteiger charge is 2.32. The predicted octanol–water partition coefficient (Wildman–Crippen LogP) is 4.96. The van der Waals surface area contributed by atoms with Crippen LogP contribution in [0.2, 0.25) is 0 Å². The molecule has 156 valence electrons. The molecule has 9 heteroatoms. The van der Waals surface area contributed by atoms with Gasteiger partial charge in [-0.2, -0.15) is 13.2 Å². The first-order valence-corrected chi connectivity index (χ1v) is 9.86. The van der Waals surface area contributed by atoms with E-state index in [0.29, 0.717) is 54.4 Å². The van der Waals surface area contributed by atoms with Crippen molar-refractivity contribution in [1.29, 1.82) is 0 Å². The number of nitrogens with one attached hydrogen (secondary N) is 1. The minimum atomic E-state index is -4.51. The molecule has 0 aliphatic carbocycles. The first-order valence-electron chi connectivity index (χ1n) is 9.07. The van der Waals surface area contributed by atoms with Crippen molar-refractivity contribution in [2.45, 2.75) is 13.1 Å².